The van der Waals surface area contributed by atoms with Gasteiger partial charge in [0.15, 0.2) is 16.7 Å². The minimum atomic E-state index is -0.570. The lowest BCUT2D eigenvalue weighted by Crippen LogP contribution is -2.44. The third-order valence-corrected chi connectivity index (χ3v) is 6.62. The van der Waals surface area contributed by atoms with Gasteiger partial charge in [-0.3, -0.25) is 9.59 Å². The summed E-state index contributed by atoms with van der Waals surface area (Å²) in [6.45, 7) is 2.25. The van der Waals surface area contributed by atoms with E-state index < -0.39 is 5.25 Å². The minimum absolute atomic E-state index is 0.0808. The van der Waals surface area contributed by atoms with E-state index in [1.54, 1.807) is 14.2 Å². The average molecular weight is 524 g/mol. The molecule has 0 radical (unpaired) electrons. The third kappa shape index (κ3) is 8.38. The topological polar surface area (TPSA) is 105 Å². The van der Waals surface area contributed by atoms with Crippen molar-refractivity contribution in [2.45, 2.75) is 25.0 Å². The molecule has 1 aliphatic rings. The maximum Gasteiger partial charge on any atom is 0.234 e. The summed E-state index contributed by atoms with van der Waals surface area (Å²) in [5, 5.41) is 13.7. The summed E-state index contributed by atoms with van der Waals surface area (Å²) >= 11 is 1.19. The van der Waals surface area contributed by atoms with Crippen molar-refractivity contribution >= 4 is 46.2 Å². The van der Waals surface area contributed by atoms with Gasteiger partial charge in [0, 0.05) is 32.7 Å². The zero-order valence-corrected chi connectivity index (χ0v) is 22.6. The van der Waals surface area contributed by atoms with Crippen LogP contribution in [0.15, 0.2) is 58.7 Å². The Morgan fingerprint density at radius 3 is 2.57 bits per heavy atom. The molecule has 2 N–H and O–H groups in total. The highest BCUT2D eigenvalue weighted by atomic mass is 32.2. The van der Waals surface area contributed by atoms with Crippen molar-refractivity contribution < 1.29 is 19.1 Å². The summed E-state index contributed by atoms with van der Waals surface area (Å²) in [7, 11) is 7.16. The summed E-state index contributed by atoms with van der Waals surface area (Å²) in [6, 6.07) is 13.8. The normalized spacial score (nSPS) is 17.0. The molecule has 0 aliphatic carbocycles. The average Bonchev–Trinajstić information content (AvgIpc) is 2.90. The van der Waals surface area contributed by atoms with Gasteiger partial charge < -0.3 is 25.0 Å². The van der Waals surface area contributed by atoms with Gasteiger partial charge in [-0.25, -0.2) is 0 Å². The molecule has 1 saturated heterocycles. The SMILES string of the molecule is COc1ccc(CCNC(=O)C2CC(=O)NC(=NN=C(C)C=Cc3ccc(N(C)C)cc3)S2)cc1OC. The van der Waals surface area contributed by atoms with E-state index in [0.29, 0.717) is 35.3 Å². The first-order valence-corrected chi connectivity index (χ1v) is 12.7. The van der Waals surface area contributed by atoms with Crippen LogP contribution >= 0.6 is 11.8 Å². The number of amides is 2. The number of rotatable bonds is 10. The van der Waals surface area contributed by atoms with Crippen LogP contribution < -0.4 is 25.0 Å². The smallest absolute Gasteiger partial charge is 0.234 e. The van der Waals surface area contributed by atoms with Crippen LogP contribution in [0, 0.1) is 0 Å². The van der Waals surface area contributed by atoms with Crippen molar-refractivity contribution in [1.29, 1.82) is 0 Å². The monoisotopic (exact) mass is 523 g/mol. The molecule has 0 aromatic heterocycles. The van der Waals surface area contributed by atoms with Crippen LogP contribution in [0.5, 0.6) is 11.5 Å². The number of hydrogen-bond donors (Lipinski definition) is 2. The first kappa shape index (κ1) is 27.8. The Bertz CT molecular complexity index is 1190. The highest BCUT2D eigenvalue weighted by Gasteiger charge is 2.30. The Labute approximate surface area is 222 Å². The second-order valence-corrected chi connectivity index (χ2v) is 9.75. The van der Waals surface area contributed by atoms with Gasteiger partial charge in [0.05, 0.1) is 25.2 Å². The number of anilines is 1. The highest BCUT2D eigenvalue weighted by molar-refractivity contribution is 8.15. The quantitative estimate of drug-likeness (QED) is 0.365. The zero-order chi connectivity index (χ0) is 26.8. The lowest BCUT2D eigenvalue weighted by atomic mass is 10.1. The van der Waals surface area contributed by atoms with Gasteiger partial charge in [-0.05, 0) is 54.8 Å². The molecule has 1 heterocycles. The molecule has 1 aliphatic heterocycles. The van der Waals surface area contributed by atoms with Crippen molar-refractivity contribution in [2.75, 3.05) is 39.8 Å². The number of thioether (sulfide) groups is 1. The third-order valence-electron chi connectivity index (χ3n) is 5.55. The van der Waals surface area contributed by atoms with Crippen molar-refractivity contribution in [2.24, 2.45) is 10.2 Å². The number of amidine groups is 1. The predicted molar refractivity (Wildman–Crippen MR) is 151 cm³/mol. The largest absolute Gasteiger partial charge is 0.493 e. The lowest BCUT2D eigenvalue weighted by Gasteiger charge is -2.21. The fourth-order valence-corrected chi connectivity index (χ4v) is 4.43. The molecule has 0 bridgehead atoms. The van der Waals surface area contributed by atoms with E-state index in [-0.39, 0.29) is 18.2 Å². The summed E-state index contributed by atoms with van der Waals surface area (Å²) < 4.78 is 10.6. The van der Waals surface area contributed by atoms with Gasteiger partial charge in [-0.15, -0.1) is 5.10 Å². The number of ether oxygens (including phenoxy) is 2. The molecule has 1 fully saturated rings. The van der Waals surface area contributed by atoms with E-state index in [1.165, 1.54) is 11.8 Å². The van der Waals surface area contributed by atoms with Gasteiger partial charge in [-0.1, -0.05) is 36.0 Å². The molecule has 10 heteroatoms. The maximum absolute atomic E-state index is 12.7. The molecule has 196 valence electrons. The molecular formula is C27H33N5O4S. The fourth-order valence-electron chi connectivity index (χ4n) is 3.48. The van der Waals surface area contributed by atoms with E-state index in [2.05, 4.69) is 20.8 Å². The maximum atomic E-state index is 12.7. The first-order chi connectivity index (χ1) is 17.8. The van der Waals surface area contributed by atoms with Crippen molar-refractivity contribution in [3.8, 4) is 11.5 Å². The Kier molecular flexibility index (Phi) is 10.1. The summed E-state index contributed by atoms with van der Waals surface area (Å²) in [6.07, 6.45) is 4.49. The lowest BCUT2D eigenvalue weighted by molar-refractivity contribution is -0.125. The molecule has 2 aromatic carbocycles. The van der Waals surface area contributed by atoms with Crippen molar-refractivity contribution in [3.05, 3.63) is 59.7 Å². The number of methoxy groups -OCH3 is 2. The van der Waals surface area contributed by atoms with E-state index >= 15 is 0 Å². The second kappa shape index (κ2) is 13.5. The Balaban J connectivity index is 1.54. The first-order valence-electron chi connectivity index (χ1n) is 11.8. The van der Waals surface area contributed by atoms with E-state index in [9.17, 15) is 9.59 Å². The number of nitrogens with one attached hydrogen (secondary N) is 2. The van der Waals surface area contributed by atoms with Gasteiger partial charge in [0.1, 0.15) is 0 Å². The van der Waals surface area contributed by atoms with Gasteiger partial charge in [0.2, 0.25) is 11.8 Å². The van der Waals surface area contributed by atoms with Crippen LogP contribution in [-0.4, -0.2) is 62.8 Å². The van der Waals surface area contributed by atoms with Crippen molar-refractivity contribution in [3.63, 3.8) is 0 Å². The molecule has 1 unspecified atom stereocenters. The summed E-state index contributed by atoms with van der Waals surface area (Å²) in [5.74, 6) is 0.815. The van der Waals surface area contributed by atoms with Crippen LogP contribution in [0.3, 0.4) is 0 Å². The number of benzene rings is 2. The number of hydrogen-bond acceptors (Lipinski definition) is 8. The Morgan fingerprint density at radius 2 is 1.89 bits per heavy atom. The van der Waals surface area contributed by atoms with Crippen LogP contribution in [0.4, 0.5) is 5.69 Å². The van der Waals surface area contributed by atoms with Crippen LogP contribution in [-0.2, 0) is 16.0 Å². The summed E-state index contributed by atoms with van der Waals surface area (Å²) in [4.78, 5) is 26.9. The van der Waals surface area contributed by atoms with Crippen LogP contribution in [0.2, 0.25) is 0 Å². The Hall–Kier alpha value is -3.79. The second-order valence-electron chi connectivity index (χ2n) is 8.55. The fraction of sp³-hybridized carbons (Fsp3) is 0.333. The van der Waals surface area contributed by atoms with Gasteiger partial charge >= 0.3 is 0 Å². The Morgan fingerprint density at radius 1 is 1.16 bits per heavy atom. The molecule has 37 heavy (non-hydrogen) atoms. The van der Waals surface area contributed by atoms with E-state index in [1.807, 2.05) is 80.5 Å². The molecule has 1 atom stereocenters. The molecule has 0 spiro atoms. The van der Waals surface area contributed by atoms with Crippen LogP contribution in [0.25, 0.3) is 6.08 Å². The molecule has 2 aromatic rings. The highest BCUT2D eigenvalue weighted by Crippen LogP contribution is 2.27. The van der Waals surface area contributed by atoms with Gasteiger partial charge in [-0.2, -0.15) is 5.10 Å². The van der Waals surface area contributed by atoms with E-state index in [4.69, 9.17) is 9.47 Å². The van der Waals surface area contributed by atoms with Gasteiger partial charge in [0.25, 0.3) is 0 Å². The number of nitrogens with zero attached hydrogens (tertiary/aromatic N) is 3. The number of carbonyl (C=O) groups is 2. The minimum Gasteiger partial charge on any atom is -0.493 e. The molecule has 9 nitrogen and oxygen atoms in total. The molecule has 0 saturated carbocycles. The number of carbonyl (C=O) groups excluding carboxylic acids is 2. The van der Waals surface area contributed by atoms with E-state index in [0.717, 1.165) is 16.8 Å². The van der Waals surface area contributed by atoms with Crippen molar-refractivity contribution in [1.82, 2.24) is 10.6 Å². The predicted octanol–water partition coefficient (Wildman–Crippen LogP) is 3.50. The van der Waals surface area contributed by atoms with Crippen LogP contribution in [0.1, 0.15) is 24.5 Å². The number of allylic oxidation sites excluding steroid dienone is 1. The molecule has 2 amide bonds. The zero-order valence-electron chi connectivity index (χ0n) is 21.8. The molecular weight excluding hydrogens is 490 g/mol. The standard InChI is InChI=1S/C27H33N5O4S/c1-18(6-7-19-8-11-21(12-9-19)32(2)3)30-31-27-29-25(33)17-24(37-27)26(34)28-15-14-20-10-13-22(35-4)23(16-20)36-5/h6-13,16,24H,14-15,17H2,1-5H3,(H,28,34)(H,29,31,33). The molecule has 3 rings (SSSR count). The summed E-state index contributed by atoms with van der Waals surface area (Å²) in [5.41, 5.74) is 3.83.